The third kappa shape index (κ3) is 9.42. The Bertz CT molecular complexity index is 233. The van der Waals surface area contributed by atoms with E-state index < -0.39 is 15.7 Å². The fourth-order valence-electron chi connectivity index (χ4n) is 0.827. The second-order valence-electron chi connectivity index (χ2n) is 2.86. The lowest BCUT2D eigenvalue weighted by Crippen LogP contribution is -2.03. The van der Waals surface area contributed by atoms with E-state index in [0.29, 0.717) is 19.3 Å². The molecule has 0 aliphatic heterocycles. The molecule has 1 N–H and O–H groups in total. The first-order chi connectivity index (χ1) is 5.42. The standard InChI is InChI=1S/C7H14NO3S/c1-12(10,11)6-4-2-3-5-7(8)9/h8H,2-6H2,1H3. The van der Waals surface area contributed by atoms with Gasteiger partial charge in [0.15, 0.2) is 0 Å². The van der Waals surface area contributed by atoms with Crippen molar-refractivity contribution in [3.05, 3.63) is 0 Å². The van der Waals surface area contributed by atoms with Crippen LogP contribution in [0.2, 0.25) is 0 Å². The fourth-order valence-corrected chi connectivity index (χ4v) is 1.56. The van der Waals surface area contributed by atoms with E-state index in [0.717, 1.165) is 0 Å². The Labute approximate surface area is 73.1 Å². The van der Waals surface area contributed by atoms with E-state index in [9.17, 15) is 13.2 Å². The molecule has 71 valence electrons. The van der Waals surface area contributed by atoms with Gasteiger partial charge in [-0.05, 0) is 12.8 Å². The van der Waals surface area contributed by atoms with Crippen LogP contribution in [0.5, 0.6) is 0 Å². The van der Waals surface area contributed by atoms with Crippen molar-refractivity contribution in [2.24, 2.45) is 0 Å². The molecule has 1 radical (unpaired) electrons. The van der Waals surface area contributed by atoms with Gasteiger partial charge in [-0.15, -0.1) is 0 Å². The summed E-state index contributed by atoms with van der Waals surface area (Å²) >= 11 is 0. The molecule has 0 fully saturated rings. The predicted octanol–water partition coefficient (Wildman–Crippen LogP) is 0.401. The molecule has 0 aliphatic rings. The Hall–Kier alpha value is -0.580. The summed E-state index contributed by atoms with van der Waals surface area (Å²) in [5.41, 5.74) is 6.58. The van der Waals surface area contributed by atoms with Crippen LogP contribution in [0, 0.1) is 0 Å². The van der Waals surface area contributed by atoms with E-state index in [4.69, 9.17) is 5.73 Å². The maximum atomic E-state index is 10.6. The van der Waals surface area contributed by atoms with Crippen LogP contribution in [0.1, 0.15) is 25.7 Å². The summed E-state index contributed by atoms with van der Waals surface area (Å²) in [6.07, 6.45) is 3.36. The molecule has 0 heterocycles. The van der Waals surface area contributed by atoms with Gasteiger partial charge >= 0.3 is 0 Å². The minimum Gasteiger partial charge on any atom is -0.273 e. The number of unbranched alkanes of at least 4 members (excludes halogenated alkanes) is 2. The summed E-state index contributed by atoms with van der Waals surface area (Å²) in [4.78, 5) is 10.2. The number of hydrogen-bond acceptors (Lipinski definition) is 3. The molecule has 1 amide bonds. The molecule has 0 aromatic rings. The van der Waals surface area contributed by atoms with Crippen LogP contribution in [0.3, 0.4) is 0 Å². The van der Waals surface area contributed by atoms with Crippen LogP contribution in [0.25, 0.3) is 0 Å². The number of rotatable bonds is 6. The molecule has 0 saturated heterocycles. The zero-order valence-corrected chi connectivity index (χ0v) is 7.99. The zero-order valence-electron chi connectivity index (χ0n) is 7.17. The van der Waals surface area contributed by atoms with Crippen molar-refractivity contribution in [3.8, 4) is 0 Å². The first kappa shape index (κ1) is 11.4. The third-order valence-electron chi connectivity index (χ3n) is 1.42. The molecule has 4 nitrogen and oxygen atoms in total. The summed E-state index contributed by atoms with van der Waals surface area (Å²) in [7, 11) is -2.86. The lowest BCUT2D eigenvalue weighted by Gasteiger charge is -1.97. The Morgan fingerprint density at radius 2 is 1.83 bits per heavy atom. The number of carbonyl (C=O) groups is 1. The Morgan fingerprint density at radius 3 is 2.25 bits per heavy atom. The molecule has 0 aromatic carbocycles. The number of amides is 1. The van der Waals surface area contributed by atoms with Crippen molar-refractivity contribution in [2.75, 3.05) is 12.0 Å². The van der Waals surface area contributed by atoms with E-state index in [2.05, 4.69) is 0 Å². The topological polar surface area (TPSA) is 75.0 Å². The van der Waals surface area contributed by atoms with Gasteiger partial charge in [0, 0.05) is 18.4 Å². The van der Waals surface area contributed by atoms with Gasteiger partial charge in [0.2, 0.25) is 5.91 Å². The van der Waals surface area contributed by atoms with Crippen molar-refractivity contribution in [3.63, 3.8) is 0 Å². The van der Waals surface area contributed by atoms with Crippen molar-refractivity contribution in [1.29, 1.82) is 0 Å². The van der Waals surface area contributed by atoms with Gasteiger partial charge in [-0.25, -0.2) is 8.42 Å². The van der Waals surface area contributed by atoms with Gasteiger partial charge in [-0.2, -0.15) is 0 Å². The van der Waals surface area contributed by atoms with Crippen LogP contribution in [0.15, 0.2) is 0 Å². The summed E-state index contributed by atoms with van der Waals surface area (Å²) < 4.78 is 21.2. The fraction of sp³-hybridized carbons (Fsp3) is 0.857. The van der Waals surface area contributed by atoms with E-state index in [1.807, 2.05) is 0 Å². The van der Waals surface area contributed by atoms with E-state index in [1.54, 1.807) is 0 Å². The first-order valence-electron chi connectivity index (χ1n) is 3.84. The van der Waals surface area contributed by atoms with Gasteiger partial charge < -0.3 is 0 Å². The minimum atomic E-state index is -2.86. The maximum absolute atomic E-state index is 10.6. The Balaban J connectivity index is 3.29. The van der Waals surface area contributed by atoms with Crippen molar-refractivity contribution >= 4 is 15.7 Å². The predicted molar refractivity (Wildman–Crippen MR) is 46.3 cm³/mol. The number of hydrogen-bond donors (Lipinski definition) is 0. The SMILES string of the molecule is CS(=O)(=O)CCCCCC([NH])=O. The molecule has 0 saturated carbocycles. The molecule has 0 spiro atoms. The van der Waals surface area contributed by atoms with Gasteiger partial charge in [0.05, 0.1) is 0 Å². The lowest BCUT2D eigenvalue weighted by atomic mass is 10.2. The maximum Gasteiger partial charge on any atom is 0.238 e. The molecule has 0 bridgehead atoms. The molecule has 0 unspecified atom stereocenters. The summed E-state index contributed by atoms with van der Waals surface area (Å²) in [6.45, 7) is 0. The molecule has 0 aromatic heterocycles. The van der Waals surface area contributed by atoms with Crippen LogP contribution in [-0.2, 0) is 14.6 Å². The normalized spacial score (nSPS) is 11.4. The van der Waals surface area contributed by atoms with Gasteiger partial charge in [0.1, 0.15) is 9.84 Å². The highest BCUT2D eigenvalue weighted by molar-refractivity contribution is 7.90. The van der Waals surface area contributed by atoms with Crippen LogP contribution < -0.4 is 5.73 Å². The molecular weight excluding hydrogens is 178 g/mol. The quantitative estimate of drug-likeness (QED) is 0.572. The van der Waals surface area contributed by atoms with Gasteiger partial charge in [0.25, 0.3) is 0 Å². The summed E-state index contributed by atoms with van der Waals surface area (Å²) in [5.74, 6) is -0.395. The molecule has 0 aliphatic carbocycles. The minimum absolute atomic E-state index is 0.180. The average Bonchev–Trinajstić information content (AvgIpc) is 1.83. The molecule has 5 heteroatoms. The number of nitrogens with one attached hydrogen (secondary N) is 1. The monoisotopic (exact) mass is 192 g/mol. The van der Waals surface area contributed by atoms with Crippen molar-refractivity contribution < 1.29 is 13.2 Å². The second kappa shape index (κ2) is 5.13. The number of carbonyl (C=O) groups excluding carboxylic acids is 1. The van der Waals surface area contributed by atoms with Gasteiger partial charge in [-0.3, -0.25) is 10.5 Å². The molecule has 12 heavy (non-hydrogen) atoms. The number of sulfone groups is 1. The van der Waals surface area contributed by atoms with E-state index in [1.165, 1.54) is 6.26 Å². The third-order valence-corrected chi connectivity index (χ3v) is 2.45. The lowest BCUT2D eigenvalue weighted by molar-refractivity contribution is -0.118. The summed E-state index contributed by atoms with van der Waals surface area (Å²) in [6, 6.07) is 0. The average molecular weight is 192 g/mol. The van der Waals surface area contributed by atoms with Crippen LogP contribution >= 0.6 is 0 Å². The molecule has 0 rings (SSSR count). The van der Waals surface area contributed by atoms with Gasteiger partial charge in [-0.1, -0.05) is 6.42 Å². The van der Waals surface area contributed by atoms with Crippen LogP contribution in [-0.4, -0.2) is 26.3 Å². The largest absolute Gasteiger partial charge is 0.273 e. The van der Waals surface area contributed by atoms with Crippen molar-refractivity contribution in [1.82, 2.24) is 5.73 Å². The van der Waals surface area contributed by atoms with E-state index in [-0.39, 0.29) is 12.2 Å². The van der Waals surface area contributed by atoms with Crippen molar-refractivity contribution in [2.45, 2.75) is 25.7 Å². The molecular formula is C7H14NO3S. The highest BCUT2D eigenvalue weighted by atomic mass is 32.2. The Kier molecular flexibility index (Phi) is 4.89. The molecule has 0 atom stereocenters. The second-order valence-corrected chi connectivity index (χ2v) is 5.12. The highest BCUT2D eigenvalue weighted by Crippen LogP contribution is 2.01. The highest BCUT2D eigenvalue weighted by Gasteiger charge is 2.01. The first-order valence-corrected chi connectivity index (χ1v) is 5.90. The smallest absolute Gasteiger partial charge is 0.238 e. The van der Waals surface area contributed by atoms with Crippen LogP contribution in [0.4, 0.5) is 0 Å². The van der Waals surface area contributed by atoms with E-state index >= 15 is 0 Å². The Morgan fingerprint density at radius 1 is 1.25 bits per heavy atom. The zero-order chi connectivity index (χ0) is 9.61. The summed E-state index contributed by atoms with van der Waals surface area (Å²) in [5, 5.41) is 0.